The van der Waals surface area contributed by atoms with E-state index in [4.69, 9.17) is 4.74 Å². The third kappa shape index (κ3) is 4.97. The van der Waals surface area contributed by atoms with Gasteiger partial charge in [0.1, 0.15) is 12.4 Å². The van der Waals surface area contributed by atoms with Gasteiger partial charge in [-0.15, -0.1) is 0 Å². The second-order valence-electron chi connectivity index (χ2n) is 5.30. The average molecular weight is 299 g/mol. The normalized spacial score (nSPS) is 18.0. The van der Waals surface area contributed by atoms with Gasteiger partial charge in [-0.3, -0.25) is 0 Å². The van der Waals surface area contributed by atoms with Crippen LogP contribution in [-0.4, -0.2) is 36.2 Å². The Hall–Kier alpha value is -1.14. The van der Waals surface area contributed by atoms with Gasteiger partial charge >= 0.3 is 0 Å². The summed E-state index contributed by atoms with van der Waals surface area (Å²) in [6, 6.07) is 0.345. The highest BCUT2D eigenvalue weighted by Gasteiger charge is 2.21. The second-order valence-corrected chi connectivity index (χ2v) is 5.30. The van der Waals surface area contributed by atoms with E-state index in [1.54, 1.807) is 0 Å². The molecule has 4 nitrogen and oxygen atoms in total. The number of aryl methyl sites for hydroxylation is 1. The van der Waals surface area contributed by atoms with Gasteiger partial charge in [0.15, 0.2) is 0 Å². The molecule has 21 heavy (non-hydrogen) atoms. The number of hydrogen-bond donors (Lipinski definition) is 1. The molecule has 1 N–H and O–H groups in total. The molecule has 1 aliphatic rings. The number of ether oxygens (including phenoxy) is 1. The first-order valence-corrected chi connectivity index (χ1v) is 7.64. The number of aromatic nitrogens is 2. The van der Waals surface area contributed by atoms with Crippen LogP contribution in [0.2, 0.25) is 0 Å². The number of halogens is 2. The van der Waals surface area contributed by atoms with Crippen molar-refractivity contribution in [1.82, 2.24) is 15.3 Å². The van der Waals surface area contributed by atoms with E-state index in [1.807, 2.05) is 6.20 Å². The predicted molar refractivity (Wildman–Crippen MR) is 76.5 cm³/mol. The Kier molecular flexibility index (Phi) is 6.45. The fourth-order valence-electron chi connectivity index (χ4n) is 2.58. The fraction of sp³-hybridized carbons (Fsp3) is 0.733. The molecule has 1 heterocycles. The first-order valence-electron chi connectivity index (χ1n) is 7.64. The molecule has 6 heteroatoms. The molecule has 1 unspecified atom stereocenters. The highest BCUT2D eigenvalue weighted by molar-refractivity contribution is 5.24. The Morgan fingerprint density at radius 2 is 2.33 bits per heavy atom. The Morgan fingerprint density at radius 1 is 1.48 bits per heavy atom. The summed E-state index contributed by atoms with van der Waals surface area (Å²) in [5.41, 5.74) is 2.28. The lowest BCUT2D eigenvalue weighted by Gasteiger charge is -2.25. The summed E-state index contributed by atoms with van der Waals surface area (Å²) in [5.74, 6) is 0.680. The van der Waals surface area contributed by atoms with Crippen LogP contribution in [0.15, 0.2) is 6.20 Å². The van der Waals surface area contributed by atoms with Crippen LogP contribution in [0.5, 0.6) is 0 Å². The Labute approximate surface area is 124 Å². The number of nitrogens with one attached hydrogen (secondary N) is 1. The predicted octanol–water partition coefficient (Wildman–Crippen LogP) is 2.68. The van der Waals surface area contributed by atoms with Crippen molar-refractivity contribution < 1.29 is 13.5 Å². The van der Waals surface area contributed by atoms with Crippen molar-refractivity contribution in [2.75, 3.05) is 19.8 Å². The van der Waals surface area contributed by atoms with Crippen LogP contribution < -0.4 is 5.32 Å². The van der Waals surface area contributed by atoms with Crippen LogP contribution in [0.3, 0.4) is 0 Å². The van der Waals surface area contributed by atoms with Gasteiger partial charge in [-0.25, -0.2) is 18.7 Å². The number of alkyl halides is 2. The van der Waals surface area contributed by atoms with Crippen LogP contribution >= 0.6 is 0 Å². The van der Waals surface area contributed by atoms with Gasteiger partial charge in [0.05, 0.1) is 6.61 Å². The molecule has 0 saturated carbocycles. The van der Waals surface area contributed by atoms with Crippen LogP contribution in [0.1, 0.15) is 49.3 Å². The van der Waals surface area contributed by atoms with Gasteiger partial charge < -0.3 is 10.1 Å². The molecule has 0 aromatic carbocycles. The van der Waals surface area contributed by atoms with E-state index < -0.39 is 13.0 Å². The average Bonchev–Trinajstić information content (AvgIpc) is 2.49. The highest BCUT2D eigenvalue weighted by Crippen LogP contribution is 2.27. The molecule has 1 aliphatic carbocycles. The highest BCUT2D eigenvalue weighted by atomic mass is 19.3. The van der Waals surface area contributed by atoms with Crippen molar-refractivity contribution >= 4 is 0 Å². The van der Waals surface area contributed by atoms with E-state index in [-0.39, 0.29) is 6.61 Å². The SMILES string of the molecule is CCCNC1CCCc2nc(CCOCC(F)F)ncc21. The molecule has 0 saturated heterocycles. The number of rotatable bonds is 8. The topological polar surface area (TPSA) is 47.0 Å². The molecule has 0 radical (unpaired) electrons. The minimum atomic E-state index is -2.42. The Balaban J connectivity index is 1.92. The quantitative estimate of drug-likeness (QED) is 0.750. The summed E-state index contributed by atoms with van der Waals surface area (Å²) in [4.78, 5) is 8.92. The number of hydrogen-bond acceptors (Lipinski definition) is 4. The summed E-state index contributed by atoms with van der Waals surface area (Å²) in [5, 5.41) is 3.52. The maximum atomic E-state index is 12.0. The molecule has 2 rings (SSSR count). The van der Waals surface area contributed by atoms with Gasteiger partial charge in [-0.1, -0.05) is 6.92 Å². The molecule has 0 amide bonds. The summed E-state index contributed by atoms with van der Waals surface area (Å²) in [7, 11) is 0. The number of nitrogens with zero attached hydrogens (tertiary/aromatic N) is 2. The number of fused-ring (bicyclic) bond motifs is 1. The molecule has 0 spiro atoms. The van der Waals surface area contributed by atoms with Crippen molar-refractivity contribution in [3.63, 3.8) is 0 Å². The van der Waals surface area contributed by atoms with Gasteiger partial charge in [0.25, 0.3) is 6.43 Å². The molecule has 1 atom stereocenters. The molecule has 1 aromatic rings. The summed E-state index contributed by atoms with van der Waals surface area (Å²) < 4.78 is 28.8. The molecular formula is C15H23F2N3O. The van der Waals surface area contributed by atoms with Crippen LogP contribution in [-0.2, 0) is 17.6 Å². The standard InChI is InChI=1S/C15H23F2N3O/c1-2-7-18-12-4-3-5-13-11(12)9-19-15(20-13)6-8-21-10-14(16)17/h9,12,14,18H,2-8,10H2,1H3. The van der Waals surface area contributed by atoms with Gasteiger partial charge in [-0.05, 0) is 32.2 Å². The maximum Gasteiger partial charge on any atom is 0.261 e. The summed E-state index contributed by atoms with van der Waals surface area (Å²) in [6.07, 6.45) is 4.25. The zero-order chi connectivity index (χ0) is 15.1. The lowest BCUT2D eigenvalue weighted by molar-refractivity contribution is 0.0182. The molecule has 0 fully saturated rings. The Bertz CT molecular complexity index is 443. The second kappa shape index (κ2) is 8.34. The van der Waals surface area contributed by atoms with Crippen molar-refractivity contribution in [2.45, 2.75) is 51.5 Å². The van der Waals surface area contributed by atoms with Crippen molar-refractivity contribution in [3.05, 3.63) is 23.3 Å². The largest absolute Gasteiger partial charge is 0.375 e. The maximum absolute atomic E-state index is 12.0. The first kappa shape index (κ1) is 16.2. The third-order valence-electron chi connectivity index (χ3n) is 3.59. The summed E-state index contributed by atoms with van der Waals surface area (Å²) in [6.45, 7) is 2.86. The van der Waals surface area contributed by atoms with E-state index in [0.29, 0.717) is 18.3 Å². The Morgan fingerprint density at radius 3 is 3.10 bits per heavy atom. The van der Waals surface area contributed by atoms with E-state index >= 15 is 0 Å². The zero-order valence-electron chi connectivity index (χ0n) is 12.4. The monoisotopic (exact) mass is 299 g/mol. The minimum absolute atomic E-state index is 0.237. The molecule has 0 bridgehead atoms. The van der Waals surface area contributed by atoms with E-state index in [0.717, 1.165) is 37.9 Å². The van der Waals surface area contributed by atoms with E-state index in [1.165, 1.54) is 5.56 Å². The molecule has 0 aliphatic heterocycles. The van der Waals surface area contributed by atoms with Gasteiger partial charge in [-0.2, -0.15) is 0 Å². The molecular weight excluding hydrogens is 276 g/mol. The first-order chi connectivity index (χ1) is 10.2. The van der Waals surface area contributed by atoms with E-state index in [9.17, 15) is 8.78 Å². The molecule has 118 valence electrons. The van der Waals surface area contributed by atoms with E-state index in [2.05, 4.69) is 22.2 Å². The molecule has 1 aromatic heterocycles. The van der Waals surface area contributed by atoms with Crippen LogP contribution in [0.4, 0.5) is 8.78 Å². The minimum Gasteiger partial charge on any atom is -0.375 e. The smallest absolute Gasteiger partial charge is 0.261 e. The lowest BCUT2D eigenvalue weighted by atomic mass is 9.92. The van der Waals surface area contributed by atoms with Gasteiger partial charge in [0.2, 0.25) is 0 Å². The lowest BCUT2D eigenvalue weighted by Crippen LogP contribution is -2.27. The van der Waals surface area contributed by atoms with Crippen LogP contribution in [0, 0.1) is 0 Å². The third-order valence-corrected chi connectivity index (χ3v) is 3.59. The summed E-state index contributed by atoms with van der Waals surface area (Å²) >= 11 is 0. The zero-order valence-corrected chi connectivity index (χ0v) is 12.4. The van der Waals surface area contributed by atoms with Crippen LogP contribution in [0.25, 0.3) is 0 Å². The fourth-order valence-corrected chi connectivity index (χ4v) is 2.58. The van der Waals surface area contributed by atoms with Gasteiger partial charge in [0, 0.05) is 29.9 Å². The van der Waals surface area contributed by atoms with Crippen molar-refractivity contribution in [2.24, 2.45) is 0 Å². The van der Waals surface area contributed by atoms with Crippen molar-refractivity contribution in [1.29, 1.82) is 0 Å². The van der Waals surface area contributed by atoms with Crippen molar-refractivity contribution in [3.8, 4) is 0 Å².